The molecule has 0 unspecified atom stereocenters. The molecule has 3 aromatic rings. The average molecular weight is 375 g/mol. The molecule has 0 fully saturated rings. The number of nitrogens with zero attached hydrogens (tertiary/aromatic N) is 5. The number of tetrazole rings is 1. The largest absolute Gasteiger partial charge is 0.497 e. The van der Waals surface area contributed by atoms with Gasteiger partial charge in [0, 0.05) is 6.07 Å². The third-order valence-electron chi connectivity index (χ3n) is 3.58. The van der Waals surface area contributed by atoms with Crippen molar-refractivity contribution in [2.75, 3.05) is 7.11 Å². The summed E-state index contributed by atoms with van der Waals surface area (Å²) in [6.45, 7) is 0. The summed E-state index contributed by atoms with van der Waals surface area (Å²) in [4.78, 5) is 10.7. The first-order valence-electron chi connectivity index (χ1n) is 7.30. The number of sulfone groups is 1. The first-order valence-corrected chi connectivity index (χ1v) is 8.95. The molecular formula is C15H13N5O5S. The van der Waals surface area contributed by atoms with E-state index in [1.807, 2.05) is 0 Å². The summed E-state index contributed by atoms with van der Waals surface area (Å²) in [5.41, 5.74) is -0.148. The molecule has 0 aliphatic carbocycles. The molecule has 2 aromatic carbocycles. The van der Waals surface area contributed by atoms with Crippen LogP contribution in [-0.2, 0) is 15.6 Å². The number of aromatic nitrogens is 4. The molecule has 1 heterocycles. The van der Waals surface area contributed by atoms with Crippen molar-refractivity contribution in [2.45, 2.75) is 10.6 Å². The number of ether oxygens (including phenoxy) is 1. The van der Waals surface area contributed by atoms with Crippen molar-refractivity contribution in [2.24, 2.45) is 0 Å². The molecule has 1 aromatic heterocycles. The second-order valence-corrected chi connectivity index (χ2v) is 7.18. The molecule has 0 amide bonds. The molecule has 10 nitrogen and oxygen atoms in total. The number of benzene rings is 2. The lowest BCUT2D eigenvalue weighted by atomic mass is 10.3. The van der Waals surface area contributed by atoms with Crippen LogP contribution >= 0.6 is 0 Å². The van der Waals surface area contributed by atoms with E-state index in [0.717, 1.165) is 4.68 Å². The van der Waals surface area contributed by atoms with Crippen molar-refractivity contribution in [1.82, 2.24) is 20.2 Å². The zero-order valence-corrected chi connectivity index (χ0v) is 14.3. The molecule has 0 spiro atoms. The number of methoxy groups -OCH3 is 1. The van der Waals surface area contributed by atoms with Crippen molar-refractivity contribution in [1.29, 1.82) is 0 Å². The minimum absolute atomic E-state index is 0.0323. The first kappa shape index (κ1) is 17.5. The van der Waals surface area contributed by atoms with Gasteiger partial charge in [0.1, 0.15) is 17.2 Å². The Morgan fingerprint density at radius 2 is 1.85 bits per heavy atom. The van der Waals surface area contributed by atoms with Gasteiger partial charge in [-0.3, -0.25) is 10.1 Å². The molecule has 0 saturated heterocycles. The van der Waals surface area contributed by atoms with E-state index in [4.69, 9.17) is 4.74 Å². The van der Waals surface area contributed by atoms with Gasteiger partial charge in [-0.25, -0.2) is 8.42 Å². The molecule has 134 valence electrons. The average Bonchev–Trinajstić information content (AvgIpc) is 3.09. The zero-order valence-electron chi connectivity index (χ0n) is 13.5. The van der Waals surface area contributed by atoms with Crippen molar-refractivity contribution in [3.05, 3.63) is 64.5 Å². The molecule has 0 aliphatic rings. The molecule has 0 atom stereocenters. The molecule has 0 aliphatic heterocycles. The topological polar surface area (TPSA) is 130 Å². The number of rotatable bonds is 6. The summed E-state index contributed by atoms with van der Waals surface area (Å²) in [6.07, 6.45) is 0. The molecule has 11 heteroatoms. The molecule has 26 heavy (non-hydrogen) atoms. The highest BCUT2D eigenvalue weighted by atomic mass is 32.2. The quantitative estimate of drug-likeness (QED) is 0.468. The van der Waals surface area contributed by atoms with Gasteiger partial charge in [-0.15, -0.1) is 5.10 Å². The third kappa shape index (κ3) is 3.37. The highest BCUT2D eigenvalue weighted by molar-refractivity contribution is 7.90. The van der Waals surface area contributed by atoms with Gasteiger partial charge in [-0.05, 0) is 40.8 Å². The maximum Gasteiger partial charge on any atom is 0.295 e. The third-order valence-corrected chi connectivity index (χ3v) is 5.21. The van der Waals surface area contributed by atoms with Crippen molar-refractivity contribution in [3.8, 4) is 11.4 Å². The van der Waals surface area contributed by atoms with E-state index in [2.05, 4.69) is 15.5 Å². The lowest BCUT2D eigenvalue weighted by molar-refractivity contribution is -0.384. The van der Waals surface area contributed by atoms with Crippen LogP contribution in [0.5, 0.6) is 5.75 Å². The Morgan fingerprint density at radius 3 is 2.50 bits per heavy atom. The summed E-state index contributed by atoms with van der Waals surface area (Å²) in [5.74, 6) is -0.0259. The van der Waals surface area contributed by atoms with E-state index in [9.17, 15) is 18.5 Å². The Balaban J connectivity index is 1.98. The normalized spacial score (nSPS) is 11.3. The predicted molar refractivity (Wildman–Crippen MR) is 89.7 cm³/mol. The SMILES string of the molecule is COc1ccc(S(=O)(=O)Cc2nnnn2-c2ccccc2[N+](=O)[O-])cc1. The molecule has 0 saturated carbocycles. The van der Waals surface area contributed by atoms with Gasteiger partial charge < -0.3 is 4.74 Å². The summed E-state index contributed by atoms with van der Waals surface area (Å²) in [7, 11) is -2.28. The van der Waals surface area contributed by atoms with Crippen LogP contribution in [0.25, 0.3) is 5.69 Å². The molecule has 0 radical (unpaired) electrons. The highest BCUT2D eigenvalue weighted by Gasteiger charge is 2.24. The Morgan fingerprint density at radius 1 is 1.15 bits per heavy atom. The highest BCUT2D eigenvalue weighted by Crippen LogP contribution is 2.24. The number of hydrogen-bond donors (Lipinski definition) is 0. The van der Waals surface area contributed by atoms with Crippen LogP contribution in [-0.4, -0.2) is 40.7 Å². The Hall–Kier alpha value is -3.34. The van der Waals surface area contributed by atoms with E-state index in [-0.39, 0.29) is 22.1 Å². The zero-order chi connectivity index (χ0) is 18.7. The van der Waals surface area contributed by atoms with Gasteiger partial charge >= 0.3 is 0 Å². The summed E-state index contributed by atoms with van der Waals surface area (Å²) >= 11 is 0. The van der Waals surface area contributed by atoms with Crippen molar-refractivity contribution >= 4 is 15.5 Å². The minimum atomic E-state index is -3.76. The lowest BCUT2D eigenvalue weighted by Gasteiger charge is -2.07. The fourth-order valence-corrected chi connectivity index (χ4v) is 3.55. The van der Waals surface area contributed by atoms with E-state index in [0.29, 0.717) is 5.75 Å². The molecule has 0 bridgehead atoms. The number of hydrogen-bond acceptors (Lipinski definition) is 8. The van der Waals surface area contributed by atoms with Crippen LogP contribution in [0.2, 0.25) is 0 Å². The van der Waals surface area contributed by atoms with Crippen LogP contribution in [0.4, 0.5) is 5.69 Å². The minimum Gasteiger partial charge on any atom is -0.497 e. The smallest absolute Gasteiger partial charge is 0.295 e. The maximum absolute atomic E-state index is 12.6. The Kier molecular flexibility index (Phi) is 4.63. The number of para-hydroxylation sites is 2. The number of nitro groups is 1. The summed E-state index contributed by atoms with van der Waals surface area (Å²) in [5, 5.41) is 22.1. The summed E-state index contributed by atoms with van der Waals surface area (Å²) < 4.78 is 31.3. The predicted octanol–water partition coefficient (Wildman–Crippen LogP) is 1.55. The fourth-order valence-electron chi connectivity index (χ4n) is 2.32. The molecule has 3 rings (SSSR count). The fraction of sp³-hybridized carbons (Fsp3) is 0.133. The van der Waals surface area contributed by atoms with E-state index < -0.39 is 20.5 Å². The van der Waals surface area contributed by atoms with Gasteiger partial charge in [-0.2, -0.15) is 4.68 Å². The van der Waals surface area contributed by atoms with Gasteiger partial charge in [0.2, 0.25) is 0 Å². The van der Waals surface area contributed by atoms with Crippen LogP contribution < -0.4 is 4.74 Å². The molecule has 0 N–H and O–H groups in total. The second kappa shape index (κ2) is 6.88. The monoisotopic (exact) mass is 375 g/mol. The van der Waals surface area contributed by atoms with E-state index in [1.54, 1.807) is 6.07 Å². The van der Waals surface area contributed by atoms with E-state index in [1.165, 1.54) is 49.6 Å². The Bertz CT molecular complexity index is 1050. The van der Waals surface area contributed by atoms with Gasteiger partial charge in [0.25, 0.3) is 5.69 Å². The summed E-state index contributed by atoms with van der Waals surface area (Å²) in [6, 6.07) is 11.7. The molecular weight excluding hydrogens is 362 g/mol. The van der Waals surface area contributed by atoms with Crippen molar-refractivity contribution < 1.29 is 18.1 Å². The standard InChI is InChI=1S/C15H13N5O5S/c1-25-11-6-8-12(9-7-11)26(23,24)10-15-16-17-18-19(15)13-4-2-3-5-14(13)20(21)22/h2-9H,10H2,1H3. The number of nitro benzene ring substituents is 1. The first-order chi connectivity index (χ1) is 12.4. The van der Waals surface area contributed by atoms with Crippen molar-refractivity contribution in [3.63, 3.8) is 0 Å². The van der Waals surface area contributed by atoms with Crippen LogP contribution in [0, 0.1) is 10.1 Å². The second-order valence-electron chi connectivity index (χ2n) is 5.19. The Labute approximate surface area is 148 Å². The maximum atomic E-state index is 12.6. The van der Waals surface area contributed by atoms with Gasteiger partial charge in [0.15, 0.2) is 15.7 Å². The van der Waals surface area contributed by atoms with Crippen LogP contribution in [0.1, 0.15) is 5.82 Å². The van der Waals surface area contributed by atoms with Crippen LogP contribution in [0.3, 0.4) is 0 Å². The van der Waals surface area contributed by atoms with Gasteiger partial charge in [-0.1, -0.05) is 12.1 Å². The van der Waals surface area contributed by atoms with E-state index >= 15 is 0 Å². The lowest BCUT2D eigenvalue weighted by Crippen LogP contribution is -2.12. The van der Waals surface area contributed by atoms with Crippen LogP contribution in [0.15, 0.2) is 53.4 Å². The van der Waals surface area contributed by atoms with Gasteiger partial charge in [0.05, 0.1) is 16.9 Å².